The maximum atomic E-state index is 2.41. The third-order valence-electron chi connectivity index (χ3n) is 23.4. The van der Waals surface area contributed by atoms with Crippen molar-refractivity contribution in [2.45, 2.75) is 38.5 Å². The fraction of sp³-hybridized carbons (Fsp3) is 0.0566. The van der Waals surface area contributed by atoms with Crippen LogP contribution in [0.1, 0.15) is 49.9 Å². The Morgan fingerprint density at radius 1 is 0.191 bits per heavy atom. The van der Waals surface area contributed by atoms with Gasteiger partial charge in [-0.3, -0.25) is 0 Å². The second kappa shape index (κ2) is 26.6. The second-order valence-electron chi connectivity index (χ2n) is 30.3. The summed E-state index contributed by atoms with van der Waals surface area (Å²) in [6.07, 6.45) is 0. The van der Waals surface area contributed by atoms with Gasteiger partial charge in [-0.1, -0.05) is 295 Å². The lowest BCUT2D eigenvalue weighted by Crippen LogP contribution is -2.14. The van der Waals surface area contributed by atoms with Gasteiger partial charge in [0.05, 0.1) is 33.4 Å². The van der Waals surface area contributed by atoms with Crippen molar-refractivity contribution < 1.29 is 0 Å². The summed E-state index contributed by atoms with van der Waals surface area (Å²) in [5.74, 6) is 0. The Hall–Kier alpha value is -13.8. The lowest BCUT2D eigenvalue weighted by molar-refractivity contribution is 0.660. The molecule has 2 aromatic heterocycles. The van der Waals surface area contributed by atoms with Crippen LogP contribution in [0, 0.1) is 0 Å². The van der Waals surface area contributed by atoms with Crippen molar-refractivity contribution in [1.29, 1.82) is 0 Å². The topological polar surface area (TPSA) is 16.3 Å². The Balaban J connectivity index is 0.000000144. The monoisotopic (exact) mass is 1410 g/mol. The maximum absolute atomic E-state index is 2.41. The third kappa shape index (κ3) is 11.0. The molecule has 2 aliphatic carbocycles. The van der Waals surface area contributed by atoms with Crippen molar-refractivity contribution in [3.63, 3.8) is 0 Å². The predicted molar refractivity (Wildman–Crippen MR) is 465 cm³/mol. The molecule has 2 heterocycles. The molecule has 17 aromatic carbocycles. The summed E-state index contributed by atoms with van der Waals surface area (Å²) < 4.78 is 4.75. The number of hydrogen-bond acceptors (Lipinski definition) is 2. The van der Waals surface area contributed by atoms with Crippen LogP contribution in [0.5, 0.6) is 0 Å². The molecule has 0 radical (unpaired) electrons. The molecule has 19 aromatic rings. The number of para-hydroxylation sites is 7. The van der Waals surface area contributed by atoms with Gasteiger partial charge in [0.1, 0.15) is 0 Å². The molecule has 0 unspecified atom stereocenters. The minimum Gasteiger partial charge on any atom is -0.310 e. The number of benzene rings is 17. The van der Waals surface area contributed by atoms with E-state index in [0.29, 0.717) is 0 Å². The van der Waals surface area contributed by atoms with Crippen molar-refractivity contribution in [2.75, 3.05) is 9.80 Å². The van der Waals surface area contributed by atoms with Crippen molar-refractivity contribution >= 4 is 88.5 Å². The van der Waals surface area contributed by atoms with Gasteiger partial charge in [0.15, 0.2) is 0 Å². The van der Waals surface area contributed by atoms with Crippen LogP contribution in [0.25, 0.3) is 133 Å². The summed E-state index contributed by atoms with van der Waals surface area (Å²) in [5.41, 5.74) is 34.5. The average Bonchev–Trinajstić information content (AvgIpc) is 1.63. The first-order valence-electron chi connectivity index (χ1n) is 38.3. The number of aromatic nitrogens is 2. The molecule has 2 aliphatic rings. The van der Waals surface area contributed by atoms with E-state index >= 15 is 0 Å². The van der Waals surface area contributed by atoms with Crippen LogP contribution >= 0.6 is 0 Å². The SMILES string of the molecule is CC1(C)c2ccccc2-c2ccc(-c3ccc(N(c4ccccc4)c4cccc5c(-c6ccc7c(c6)c6ccccc6n7-c6ccccc6)cccc45)cc3)cc21.CC1(C)c2ccccc2-c2ccc(-c3ccc(N(c4ccccc4)c4ccccc4-c4ccc5c(c4)c4ccccc4n5-c4ccccc4)cc3)cc21. The molecule has 21 rings (SSSR count). The summed E-state index contributed by atoms with van der Waals surface area (Å²) in [6.45, 7) is 9.39. The average molecular weight is 1410 g/mol. The van der Waals surface area contributed by atoms with Gasteiger partial charge in [-0.05, 0) is 222 Å². The molecule has 0 N–H and O–H groups in total. The molecule has 0 aliphatic heterocycles. The van der Waals surface area contributed by atoms with Gasteiger partial charge in [0, 0.05) is 77.4 Å². The molecule has 4 heteroatoms. The predicted octanol–water partition coefficient (Wildman–Crippen LogP) is 28.9. The van der Waals surface area contributed by atoms with Gasteiger partial charge in [-0.25, -0.2) is 0 Å². The highest BCUT2D eigenvalue weighted by Gasteiger charge is 2.37. The molecule has 0 spiro atoms. The number of rotatable bonds is 12. The summed E-state index contributed by atoms with van der Waals surface area (Å²) in [5, 5.41) is 7.43. The van der Waals surface area contributed by atoms with E-state index in [2.05, 4.69) is 447 Å². The Kier molecular flexibility index (Phi) is 15.9. The standard InChI is InChI=1S/C55H40N2.C51H38N2/c1-55(2)50-24-11-9-19-45(50)46-33-29-38(36-51(46)55)37-27-31-42(32-28-37)56(40-15-5-3-6-16-40)52-26-14-22-44-43(21-13-23-47(44)52)39-30-34-54-49(35-39)48-20-10-12-25-53(48)57(54)41-17-7-4-8-18-41;1-51(2)46-22-12-9-20-42(46)43-31-27-36(34-47(43)51)35-25-29-40(30-26-35)52(38-15-5-3-6-16-38)48-23-13-10-19-41(48)37-28-32-50-45(33-37)44-21-11-14-24-49(44)53(50)39-17-7-4-8-18-39/h3-36H,1-2H3;3-34H,1-2H3. The van der Waals surface area contributed by atoms with E-state index in [-0.39, 0.29) is 10.8 Å². The van der Waals surface area contributed by atoms with Gasteiger partial charge >= 0.3 is 0 Å². The first kappa shape index (κ1) is 65.7. The van der Waals surface area contributed by atoms with Crippen LogP contribution in [0.4, 0.5) is 34.1 Å². The third-order valence-corrected chi connectivity index (χ3v) is 23.4. The van der Waals surface area contributed by atoms with Crippen molar-refractivity contribution in [1.82, 2.24) is 9.13 Å². The normalized spacial score (nSPS) is 12.9. The quantitative estimate of drug-likeness (QED) is 0.121. The molecule has 0 fully saturated rings. The second-order valence-corrected chi connectivity index (χ2v) is 30.3. The Morgan fingerprint density at radius 2 is 0.518 bits per heavy atom. The van der Waals surface area contributed by atoms with Gasteiger partial charge in [-0.15, -0.1) is 0 Å². The summed E-state index contributed by atoms with van der Waals surface area (Å²) >= 11 is 0. The Bertz CT molecular complexity index is 6750. The lowest BCUT2D eigenvalue weighted by atomic mass is 9.81. The Morgan fingerprint density at radius 3 is 1.02 bits per heavy atom. The van der Waals surface area contributed by atoms with Crippen LogP contribution in [-0.2, 0) is 10.8 Å². The van der Waals surface area contributed by atoms with Crippen LogP contribution in [0.15, 0.2) is 400 Å². The van der Waals surface area contributed by atoms with Gasteiger partial charge in [0.25, 0.3) is 0 Å². The van der Waals surface area contributed by atoms with Crippen LogP contribution in [0.2, 0.25) is 0 Å². The van der Waals surface area contributed by atoms with E-state index in [1.807, 2.05) is 0 Å². The molecular weight excluding hydrogens is 1330 g/mol. The highest BCUT2D eigenvalue weighted by atomic mass is 15.2. The Labute approximate surface area is 642 Å². The van der Waals surface area contributed by atoms with Crippen molar-refractivity contribution in [3.8, 4) is 78.1 Å². The molecule has 0 saturated carbocycles. The first-order valence-corrected chi connectivity index (χ1v) is 38.3. The molecule has 110 heavy (non-hydrogen) atoms. The molecule has 0 bridgehead atoms. The van der Waals surface area contributed by atoms with E-state index in [0.717, 1.165) is 34.1 Å². The van der Waals surface area contributed by atoms with E-state index in [1.54, 1.807) is 0 Å². The van der Waals surface area contributed by atoms with Crippen LogP contribution in [-0.4, -0.2) is 9.13 Å². The fourth-order valence-corrected chi connectivity index (χ4v) is 18.0. The highest BCUT2D eigenvalue weighted by Crippen LogP contribution is 2.53. The number of hydrogen-bond donors (Lipinski definition) is 0. The fourth-order valence-electron chi connectivity index (χ4n) is 18.0. The molecular formula is C106H78N4. The van der Waals surface area contributed by atoms with Crippen molar-refractivity contribution in [3.05, 3.63) is 423 Å². The first-order chi connectivity index (χ1) is 54.1. The van der Waals surface area contributed by atoms with Gasteiger partial charge in [0.2, 0.25) is 0 Å². The lowest BCUT2D eigenvalue weighted by Gasteiger charge is -2.28. The minimum atomic E-state index is -0.0357. The molecule has 0 saturated heterocycles. The van der Waals surface area contributed by atoms with Crippen LogP contribution < -0.4 is 9.80 Å². The molecule has 0 amide bonds. The van der Waals surface area contributed by atoms with E-state index in [9.17, 15) is 0 Å². The highest BCUT2D eigenvalue weighted by molar-refractivity contribution is 6.14. The largest absolute Gasteiger partial charge is 0.310 e. The zero-order valence-corrected chi connectivity index (χ0v) is 61.9. The minimum absolute atomic E-state index is 0.0326. The zero-order chi connectivity index (χ0) is 73.6. The molecule has 4 nitrogen and oxygen atoms in total. The number of nitrogens with zero attached hydrogens (tertiary/aromatic N) is 4. The summed E-state index contributed by atoms with van der Waals surface area (Å²) in [6, 6.07) is 146. The molecule has 522 valence electrons. The van der Waals surface area contributed by atoms with Gasteiger partial charge < -0.3 is 18.9 Å². The maximum Gasteiger partial charge on any atom is 0.0541 e. The van der Waals surface area contributed by atoms with Crippen LogP contribution in [0.3, 0.4) is 0 Å². The number of anilines is 6. The van der Waals surface area contributed by atoms with Crippen molar-refractivity contribution in [2.24, 2.45) is 0 Å². The van der Waals surface area contributed by atoms with Gasteiger partial charge in [-0.2, -0.15) is 0 Å². The zero-order valence-electron chi connectivity index (χ0n) is 61.9. The summed E-state index contributed by atoms with van der Waals surface area (Å²) in [4.78, 5) is 4.79. The van der Waals surface area contributed by atoms with E-state index in [4.69, 9.17) is 0 Å². The number of fused-ring (bicyclic) bond motifs is 13. The smallest absolute Gasteiger partial charge is 0.0541 e. The van der Waals surface area contributed by atoms with E-state index < -0.39 is 0 Å². The molecule has 0 atom stereocenters. The summed E-state index contributed by atoms with van der Waals surface area (Å²) in [7, 11) is 0. The van der Waals surface area contributed by atoms with E-state index in [1.165, 1.54) is 155 Å².